The zero-order valence-corrected chi connectivity index (χ0v) is 28.4. The summed E-state index contributed by atoms with van der Waals surface area (Å²) in [6.07, 6.45) is 30.0. The summed E-state index contributed by atoms with van der Waals surface area (Å²) < 4.78 is 0.223. The molecule has 0 heterocycles. The number of aliphatic carboxylic acids is 3. The van der Waals surface area contributed by atoms with E-state index in [1.807, 2.05) is 0 Å². The van der Waals surface area contributed by atoms with E-state index in [0.29, 0.717) is 6.54 Å². The minimum Gasteiger partial charge on any atom is -0.481 e. The average Bonchev–Trinajstić information content (AvgIpc) is 2.95. The van der Waals surface area contributed by atoms with Crippen molar-refractivity contribution in [3.8, 4) is 0 Å². The predicted molar refractivity (Wildman–Crippen MR) is 177 cm³/mol. The Bertz CT molecular complexity index is 697. The highest BCUT2D eigenvalue weighted by Crippen LogP contribution is 2.22. The van der Waals surface area contributed by atoms with Gasteiger partial charge >= 0.3 is 17.9 Å². The maximum Gasteiger partial charge on any atom is 0.311 e. The van der Waals surface area contributed by atoms with Crippen LogP contribution in [0.1, 0.15) is 156 Å². The summed E-state index contributed by atoms with van der Waals surface area (Å²) in [6, 6.07) is 0. The molecule has 3 unspecified atom stereocenters. The van der Waals surface area contributed by atoms with E-state index in [1.54, 1.807) is 20.8 Å². The van der Waals surface area contributed by atoms with Crippen LogP contribution in [0.5, 0.6) is 0 Å². The molecule has 0 aliphatic heterocycles. The summed E-state index contributed by atoms with van der Waals surface area (Å²) in [5.74, 6) is -4.81. The molecule has 0 amide bonds. The highest BCUT2D eigenvalue weighted by molar-refractivity contribution is 5.70. The van der Waals surface area contributed by atoms with Crippen LogP contribution in [-0.4, -0.2) is 63.9 Å². The third-order valence-electron chi connectivity index (χ3n) is 8.89. The van der Waals surface area contributed by atoms with Crippen molar-refractivity contribution in [2.24, 2.45) is 17.8 Å². The van der Waals surface area contributed by atoms with Gasteiger partial charge in [-0.15, -0.1) is 0 Å². The fourth-order valence-corrected chi connectivity index (χ4v) is 6.23. The first-order chi connectivity index (χ1) is 20.5. The lowest BCUT2D eigenvalue weighted by molar-refractivity contribution is -0.934. The number of hydrogen-bond donors (Lipinski definition) is 3. The van der Waals surface area contributed by atoms with Gasteiger partial charge in [-0.1, -0.05) is 109 Å². The summed E-state index contributed by atoms with van der Waals surface area (Å²) in [4.78, 5) is 34.9. The topological polar surface area (TPSA) is 112 Å². The molecular formula is C36H68NO6+. The quantitative estimate of drug-likeness (QED) is 0.0410. The molecule has 0 aromatic carbocycles. The highest BCUT2D eigenvalue weighted by atomic mass is 16.4. The average molecular weight is 611 g/mol. The Balaban J connectivity index is 4.17. The molecule has 0 aliphatic rings. The van der Waals surface area contributed by atoms with Crippen LogP contribution in [0.3, 0.4) is 0 Å². The molecule has 0 saturated carbocycles. The molecule has 0 rings (SSSR count). The minimum atomic E-state index is -0.932. The number of carbonyl (C=O) groups is 3. The molecule has 0 aliphatic carbocycles. The van der Waals surface area contributed by atoms with Gasteiger partial charge in [0.25, 0.3) is 0 Å². The van der Waals surface area contributed by atoms with Crippen LogP contribution < -0.4 is 0 Å². The molecular weight excluding hydrogens is 542 g/mol. The lowest BCUT2D eigenvalue weighted by Crippen LogP contribution is -2.57. The fraction of sp³-hybridized carbons (Fsp3) is 0.861. The van der Waals surface area contributed by atoms with E-state index in [0.717, 1.165) is 25.7 Å². The van der Waals surface area contributed by atoms with Crippen molar-refractivity contribution in [1.29, 1.82) is 0 Å². The summed E-state index contributed by atoms with van der Waals surface area (Å²) in [7, 11) is 0. The van der Waals surface area contributed by atoms with Crippen LogP contribution in [0.25, 0.3) is 0 Å². The molecule has 7 nitrogen and oxygen atoms in total. The number of unbranched alkanes of at least 4 members (excludes halogenated alkanes) is 18. The molecule has 0 saturated heterocycles. The van der Waals surface area contributed by atoms with E-state index in [1.165, 1.54) is 103 Å². The lowest BCUT2D eigenvalue weighted by atomic mass is 10.00. The molecule has 3 atom stereocenters. The first-order valence-corrected chi connectivity index (χ1v) is 17.7. The number of nitrogens with zero attached hydrogens (tertiary/aromatic N) is 1. The Morgan fingerprint density at radius 2 is 0.767 bits per heavy atom. The van der Waals surface area contributed by atoms with Crippen molar-refractivity contribution in [2.45, 2.75) is 156 Å². The summed E-state index contributed by atoms with van der Waals surface area (Å²) in [5, 5.41) is 28.6. The van der Waals surface area contributed by atoms with Crippen LogP contribution in [0.15, 0.2) is 12.2 Å². The molecule has 0 aromatic rings. The molecule has 0 aromatic heterocycles. The summed E-state index contributed by atoms with van der Waals surface area (Å²) in [6.45, 7) is 8.50. The number of quaternary nitrogens is 1. The number of rotatable bonds is 31. The number of hydrogen-bond acceptors (Lipinski definition) is 3. The van der Waals surface area contributed by atoms with Crippen molar-refractivity contribution in [1.82, 2.24) is 0 Å². The van der Waals surface area contributed by atoms with Crippen LogP contribution in [0.2, 0.25) is 0 Å². The lowest BCUT2D eigenvalue weighted by Gasteiger charge is -2.42. The number of carboxylic acids is 3. The molecule has 0 bridgehead atoms. The van der Waals surface area contributed by atoms with Crippen LogP contribution in [0.4, 0.5) is 0 Å². The predicted octanol–water partition coefficient (Wildman–Crippen LogP) is 9.34. The van der Waals surface area contributed by atoms with Gasteiger partial charge in [-0.25, -0.2) is 0 Å². The summed E-state index contributed by atoms with van der Waals surface area (Å²) >= 11 is 0. The molecule has 3 N–H and O–H groups in total. The van der Waals surface area contributed by atoms with E-state index in [9.17, 15) is 29.7 Å². The maximum absolute atomic E-state index is 11.6. The fourth-order valence-electron chi connectivity index (χ4n) is 6.23. The van der Waals surface area contributed by atoms with Gasteiger partial charge in [0, 0.05) is 0 Å². The molecule has 0 fully saturated rings. The largest absolute Gasteiger partial charge is 0.481 e. The highest BCUT2D eigenvalue weighted by Gasteiger charge is 2.38. The molecule has 0 radical (unpaired) electrons. The zero-order chi connectivity index (χ0) is 32.3. The van der Waals surface area contributed by atoms with Crippen molar-refractivity contribution >= 4 is 17.9 Å². The minimum absolute atomic E-state index is 0.223. The third kappa shape index (κ3) is 23.2. The van der Waals surface area contributed by atoms with Crippen molar-refractivity contribution in [3.63, 3.8) is 0 Å². The van der Waals surface area contributed by atoms with Crippen molar-refractivity contribution in [3.05, 3.63) is 12.2 Å². The van der Waals surface area contributed by atoms with E-state index < -0.39 is 35.7 Å². The van der Waals surface area contributed by atoms with Gasteiger partial charge in [0.05, 0.1) is 26.2 Å². The standard InChI is InChI=1S/C36H67NO6/c1-5-6-7-8-9-10-11-12-13-14-15-16-17-18-19-20-21-22-23-24-25-26-27-37(28-31(2)34(38)39,29-32(3)35(40)41)30-33(4)36(42)43/h16-17,31-33H,5-15,18-30H2,1-4H3,(H2-,38,39,40,41,42,43)/p+1/b17-16+. The van der Waals surface area contributed by atoms with Gasteiger partial charge < -0.3 is 19.8 Å². The second kappa shape index (κ2) is 26.5. The van der Waals surface area contributed by atoms with Gasteiger partial charge in [0.2, 0.25) is 0 Å². The van der Waals surface area contributed by atoms with Gasteiger partial charge in [-0.2, -0.15) is 0 Å². The van der Waals surface area contributed by atoms with E-state index in [2.05, 4.69) is 19.1 Å². The number of allylic oxidation sites excluding steroid dienone is 2. The van der Waals surface area contributed by atoms with Crippen molar-refractivity contribution < 1.29 is 34.2 Å². The molecule has 43 heavy (non-hydrogen) atoms. The smallest absolute Gasteiger partial charge is 0.311 e. The van der Waals surface area contributed by atoms with Crippen LogP contribution in [0, 0.1) is 17.8 Å². The Hall–Kier alpha value is -1.89. The van der Waals surface area contributed by atoms with Gasteiger partial charge in [-0.05, 0) is 59.3 Å². The molecule has 7 heteroatoms. The SMILES string of the molecule is CCCCCCCCCCCC/C=C/CCCCCCCCCC[N+](CC(C)C(=O)O)(CC(C)C(=O)O)CC(C)C(=O)O. The first kappa shape index (κ1) is 41.1. The maximum atomic E-state index is 11.6. The Kier molecular flexibility index (Phi) is 25.3. The first-order valence-electron chi connectivity index (χ1n) is 17.7. The monoisotopic (exact) mass is 611 g/mol. The van der Waals surface area contributed by atoms with Gasteiger partial charge in [-0.3, -0.25) is 14.4 Å². The van der Waals surface area contributed by atoms with Gasteiger partial charge in [0.1, 0.15) is 17.8 Å². The second-order valence-electron chi connectivity index (χ2n) is 13.4. The normalized spacial score (nSPS) is 15.3. The van der Waals surface area contributed by atoms with E-state index in [-0.39, 0.29) is 24.1 Å². The second-order valence-corrected chi connectivity index (χ2v) is 13.4. The van der Waals surface area contributed by atoms with Crippen molar-refractivity contribution in [2.75, 3.05) is 26.2 Å². The Morgan fingerprint density at radius 3 is 1.07 bits per heavy atom. The summed E-state index contributed by atoms with van der Waals surface area (Å²) in [5.41, 5.74) is 0. The Labute approximate surface area is 264 Å². The van der Waals surface area contributed by atoms with Crippen LogP contribution >= 0.6 is 0 Å². The Morgan fingerprint density at radius 1 is 0.488 bits per heavy atom. The van der Waals surface area contributed by atoms with E-state index >= 15 is 0 Å². The van der Waals surface area contributed by atoms with E-state index in [4.69, 9.17) is 0 Å². The van der Waals surface area contributed by atoms with Gasteiger partial charge in [0.15, 0.2) is 0 Å². The molecule has 0 spiro atoms. The molecule has 252 valence electrons. The van der Waals surface area contributed by atoms with Crippen LogP contribution in [-0.2, 0) is 14.4 Å². The zero-order valence-electron chi connectivity index (χ0n) is 28.4. The number of carboxylic acid groups (broad SMARTS) is 3. The third-order valence-corrected chi connectivity index (χ3v) is 8.89.